The molecule has 0 amide bonds. The largest absolute Gasteiger partial charge is 3.00 e. The van der Waals surface area contributed by atoms with E-state index in [-0.39, 0.29) is 70.0 Å². The van der Waals surface area contributed by atoms with Gasteiger partial charge in [-0.05, 0) is 66.0 Å². The smallest absolute Gasteiger partial charge is 0.693 e. The third kappa shape index (κ3) is 8.45. The van der Waals surface area contributed by atoms with Crippen molar-refractivity contribution in [2.75, 3.05) is 11.9 Å². The van der Waals surface area contributed by atoms with E-state index in [1.165, 1.54) is 16.8 Å². The van der Waals surface area contributed by atoms with Gasteiger partial charge in [-0.15, -0.1) is 0 Å². The molecule has 1 aliphatic rings. The number of fused-ring (bicyclic) bond motifs is 2. The van der Waals surface area contributed by atoms with Gasteiger partial charge in [-0.2, -0.15) is 0 Å². The van der Waals surface area contributed by atoms with Crippen LogP contribution in [0.25, 0.3) is 34.4 Å². The average Bonchev–Trinajstić information content (AvgIpc) is 3.48. The van der Waals surface area contributed by atoms with Crippen molar-refractivity contribution in [1.29, 1.82) is 0 Å². The molecule has 6 rings (SSSR count). The van der Waals surface area contributed by atoms with Crippen LogP contribution in [0.1, 0.15) is 98.9 Å². The van der Waals surface area contributed by atoms with Crippen LogP contribution in [0.2, 0.25) is 0 Å². The third-order valence-electron chi connectivity index (χ3n) is 10.3. The van der Waals surface area contributed by atoms with E-state index in [9.17, 15) is 10.2 Å². The molecule has 2 unspecified atom stereocenters. The maximum Gasteiger partial charge on any atom is 3.00 e. The first-order valence-electron chi connectivity index (χ1n) is 17.5. The standard InChI is InChI=1S/C45H52N2O2.2CH3.H2N.Zr/c1-28-24-34(42(48)36(26-28)44(3,4)5)40-32(30-18-14-16-22-38(30)46(40)9)20-12-11-13-21-33-31-19-15-17-23-39(31)47(10)41(33)35-25-29(2)27-37(43(35)49)45(6,7)8;;;;/h11-20,22-27,33,41,48-49H,21H2,1-10H3;2*1H3;1H2;/q;3*-1;+3/b13-11-,20-12+;;;;. The number of allylic oxidation sites excluding steroid dienone is 3. The number of hydrogen-bond donors (Lipinski definition) is 2. The molecule has 0 saturated heterocycles. The number of rotatable bonds is 6. The van der Waals surface area contributed by atoms with Gasteiger partial charge in [0.2, 0.25) is 0 Å². The first-order chi connectivity index (χ1) is 23.1. The van der Waals surface area contributed by atoms with E-state index in [1.54, 1.807) is 0 Å². The van der Waals surface area contributed by atoms with Crippen LogP contribution in [-0.4, -0.2) is 21.8 Å². The van der Waals surface area contributed by atoms with Gasteiger partial charge in [0.25, 0.3) is 0 Å². The molecule has 1 aromatic heterocycles. The monoisotopic (exact) mass is 788 g/mol. The second-order valence-electron chi connectivity index (χ2n) is 16.0. The van der Waals surface area contributed by atoms with E-state index in [0.29, 0.717) is 11.5 Å². The molecule has 4 N–H and O–H groups in total. The topological polar surface area (TPSA) is 82.1 Å². The number of nitrogens with two attached hydrogens (primary N) is 1. The number of likely N-dealkylation sites (N-methyl/N-ethyl adjacent to an activating group) is 1. The van der Waals surface area contributed by atoms with Crippen molar-refractivity contribution in [3.8, 4) is 22.8 Å². The van der Waals surface area contributed by atoms with Crippen LogP contribution >= 0.6 is 0 Å². The van der Waals surface area contributed by atoms with Gasteiger partial charge in [0.05, 0.1) is 11.7 Å². The maximum absolute atomic E-state index is 11.7. The predicted octanol–water partition coefficient (Wildman–Crippen LogP) is 13.0. The molecule has 6 heteroatoms. The van der Waals surface area contributed by atoms with Crippen LogP contribution in [0.4, 0.5) is 5.69 Å². The second-order valence-corrected chi connectivity index (χ2v) is 16.0. The summed E-state index contributed by atoms with van der Waals surface area (Å²) in [7, 11) is 4.24. The van der Waals surface area contributed by atoms with Crippen molar-refractivity contribution in [2.24, 2.45) is 7.05 Å². The van der Waals surface area contributed by atoms with Crippen molar-refractivity contribution in [1.82, 2.24) is 4.57 Å². The van der Waals surface area contributed by atoms with Crippen molar-refractivity contribution < 1.29 is 36.4 Å². The number of phenolic OH excluding ortho intramolecular Hbond substituents is 2. The minimum Gasteiger partial charge on any atom is -0.693 e. The van der Waals surface area contributed by atoms with Crippen LogP contribution in [0.15, 0.2) is 91.0 Å². The molecule has 0 spiro atoms. The zero-order chi connectivity index (χ0) is 35.4. The summed E-state index contributed by atoms with van der Waals surface area (Å²) in [6.45, 7) is 17.2. The first kappa shape index (κ1) is 45.3. The van der Waals surface area contributed by atoms with E-state index < -0.39 is 0 Å². The summed E-state index contributed by atoms with van der Waals surface area (Å²) in [5, 5.41) is 24.5. The Morgan fingerprint density at radius 1 is 0.717 bits per heavy atom. The minimum absolute atomic E-state index is 0. The molecule has 5 aromatic rings. The fourth-order valence-electron chi connectivity index (χ4n) is 7.90. The van der Waals surface area contributed by atoms with Crippen LogP contribution in [0.5, 0.6) is 11.5 Å². The van der Waals surface area contributed by atoms with Gasteiger partial charge < -0.3 is 40.7 Å². The number of nitrogens with zero attached hydrogens (tertiary/aromatic N) is 2. The molecule has 0 fully saturated rings. The summed E-state index contributed by atoms with van der Waals surface area (Å²) >= 11 is 0. The number of benzene rings is 4. The summed E-state index contributed by atoms with van der Waals surface area (Å²) in [6.07, 6.45) is 9.54. The van der Waals surface area contributed by atoms with E-state index >= 15 is 0 Å². The molecular weight excluding hydrogens is 730 g/mol. The molecule has 5 nitrogen and oxygen atoms in total. The van der Waals surface area contributed by atoms with Gasteiger partial charge in [-0.25, -0.2) is 0 Å². The van der Waals surface area contributed by atoms with Gasteiger partial charge in [0.1, 0.15) is 11.5 Å². The van der Waals surface area contributed by atoms with Gasteiger partial charge in [0, 0.05) is 58.9 Å². The Balaban J connectivity index is 0.00000243. The summed E-state index contributed by atoms with van der Waals surface area (Å²) < 4.78 is 2.20. The fraction of sp³-hybridized carbons (Fsp3) is 0.319. The molecular formula is C47H60N3O2Zr. The van der Waals surface area contributed by atoms with E-state index in [4.69, 9.17) is 0 Å². The Hall–Kier alpha value is -3.86. The normalized spacial score (nSPS) is 15.5. The Morgan fingerprint density at radius 2 is 1.28 bits per heavy atom. The molecule has 1 radical (unpaired) electrons. The molecule has 0 saturated carbocycles. The maximum atomic E-state index is 11.7. The molecule has 0 aliphatic carbocycles. The number of phenols is 2. The number of aromatic nitrogens is 1. The minimum atomic E-state index is -0.192. The SMILES string of the molecule is Cc1cc(-c2c(/C=C/C=C\CC3c4ccccc4N(C)C3c3cc(C)cc(C(C)(C)C)c3O)c3ccccc3n2C)c(O)c(C(C)(C)C)c1.[CH3-].[CH3-].[NH2-].[Zr+3]. The zero-order valence-corrected chi connectivity index (χ0v) is 36.4. The van der Waals surface area contributed by atoms with Crippen molar-refractivity contribution in [3.63, 3.8) is 0 Å². The summed E-state index contributed by atoms with van der Waals surface area (Å²) in [5.41, 5.74) is 11.5. The van der Waals surface area contributed by atoms with E-state index in [2.05, 4.69) is 176 Å². The Kier molecular flexibility index (Phi) is 14.6. The van der Waals surface area contributed by atoms with Crippen LogP contribution in [0.3, 0.4) is 0 Å². The van der Waals surface area contributed by atoms with Crippen molar-refractivity contribution >= 4 is 22.7 Å². The Bertz CT molecular complexity index is 2110. The van der Waals surface area contributed by atoms with Gasteiger partial charge in [0.15, 0.2) is 0 Å². The average molecular weight is 790 g/mol. The summed E-state index contributed by atoms with van der Waals surface area (Å²) in [5.74, 6) is 0.937. The number of anilines is 1. The summed E-state index contributed by atoms with van der Waals surface area (Å²) in [4.78, 5) is 2.34. The molecule has 0 bridgehead atoms. The number of hydrogen-bond acceptors (Lipinski definition) is 3. The quantitative estimate of drug-likeness (QED) is 0.133. The van der Waals surface area contributed by atoms with Crippen molar-refractivity contribution in [2.45, 2.75) is 84.6 Å². The van der Waals surface area contributed by atoms with E-state index in [0.717, 1.165) is 56.4 Å². The van der Waals surface area contributed by atoms with Gasteiger partial charge in [-0.3, -0.25) is 0 Å². The molecule has 2 heterocycles. The van der Waals surface area contributed by atoms with Crippen molar-refractivity contribution in [3.05, 3.63) is 151 Å². The molecule has 279 valence electrons. The fourth-order valence-corrected chi connectivity index (χ4v) is 7.90. The second kappa shape index (κ2) is 17.1. The van der Waals surface area contributed by atoms with Crippen LogP contribution < -0.4 is 4.90 Å². The Morgan fingerprint density at radius 3 is 1.92 bits per heavy atom. The van der Waals surface area contributed by atoms with Crippen LogP contribution in [-0.2, 0) is 44.1 Å². The van der Waals surface area contributed by atoms with E-state index in [1.807, 2.05) is 0 Å². The predicted molar refractivity (Wildman–Crippen MR) is 226 cm³/mol. The van der Waals surface area contributed by atoms with Crippen LogP contribution in [0, 0.1) is 28.7 Å². The summed E-state index contributed by atoms with van der Waals surface area (Å²) in [6, 6.07) is 25.6. The van der Waals surface area contributed by atoms with Gasteiger partial charge >= 0.3 is 26.2 Å². The molecule has 2 atom stereocenters. The molecule has 53 heavy (non-hydrogen) atoms. The number of para-hydroxylation sites is 2. The zero-order valence-electron chi connectivity index (χ0n) is 34.0. The molecule has 1 aliphatic heterocycles. The first-order valence-corrected chi connectivity index (χ1v) is 17.5. The third-order valence-corrected chi connectivity index (χ3v) is 10.3. The number of aromatic hydroxyl groups is 2. The number of aryl methyl sites for hydroxylation is 3. The Labute approximate surface area is 339 Å². The molecule has 4 aromatic carbocycles. The van der Waals surface area contributed by atoms with Gasteiger partial charge in [-0.1, -0.05) is 126 Å².